The van der Waals surface area contributed by atoms with Crippen molar-refractivity contribution in [3.8, 4) is 0 Å². The smallest absolute Gasteiger partial charge is 0.266 e. The van der Waals surface area contributed by atoms with Crippen molar-refractivity contribution >= 4 is 46.2 Å². The highest BCUT2D eigenvalue weighted by atomic mass is 32.2. The maximum absolute atomic E-state index is 12.8. The SMILES string of the molecule is O=C(CCN1C(=O)C(=CC=Cc2ccccc2)SC1=S)NC12CC3CC(CC(C3)C1)C2. The number of nitrogens with zero attached hydrogens (tertiary/aromatic N) is 1. The van der Waals surface area contributed by atoms with E-state index in [1.807, 2.05) is 48.6 Å². The number of thioether (sulfide) groups is 1. The number of thiocarbonyl (C=S) groups is 1. The average molecular weight is 453 g/mol. The zero-order valence-electron chi connectivity index (χ0n) is 17.6. The quantitative estimate of drug-likeness (QED) is 0.492. The lowest BCUT2D eigenvalue weighted by Crippen LogP contribution is -2.60. The Morgan fingerprint density at radius 3 is 2.42 bits per heavy atom. The highest BCUT2D eigenvalue weighted by Gasteiger charge is 2.51. The summed E-state index contributed by atoms with van der Waals surface area (Å²) in [6.07, 6.45) is 13.5. The van der Waals surface area contributed by atoms with Crippen molar-refractivity contribution in [2.24, 2.45) is 17.8 Å². The monoisotopic (exact) mass is 452 g/mol. The Kier molecular flexibility index (Phi) is 5.78. The molecule has 6 heteroatoms. The van der Waals surface area contributed by atoms with Gasteiger partial charge >= 0.3 is 0 Å². The maximum atomic E-state index is 12.8. The van der Waals surface area contributed by atoms with E-state index in [1.54, 1.807) is 4.90 Å². The molecule has 0 spiro atoms. The third-order valence-corrected chi connectivity index (χ3v) is 8.61. The van der Waals surface area contributed by atoms with E-state index in [-0.39, 0.29) is 17.4 Å². The summed E-state index contributed by atoms with van der Waals surface area (Å²) in [5, 5.41) is 3.39. The third-order valence-electron chi connectivity index (χ3n) is 7.21. The number of amides is 2. The van der Waals surface area contributed by atoms with Gasteiger partial charge in [-0.2, -0.15) is 0 Å². The molecule has 1 saturated heterocycles. The lowest BCUT2D eigenvalue weighted by molar-refractivity contribution is -0.127. The number of rotatable bonds is 6. The Bertz CT molecular complexity index is 918. The second kappa shape index (κ2) is 8.55. The molecule has 4 saturated carbocycles. The van der Waals surface area contributed by atoms with Gasteiger partial charge in [0.05, 0.1) is 4.91 Å². The maximum Gasteiger partial charge on any atom is 0.266 e. The van der Waals surface area contributed by atoms with E-state index in [1.165, 1.54) is 31.0 Å². The molecule has 0 unspecified atom stereocenters. The molecule has 31 heavy (non-hydrogen) atoms. The number of benzene rings is 1. The number of carbonyl (C=O) groups excluding carboxylic acids is 2. The van der Waals surface area contributed by atoms with E-state index >= 15 is 0 Å². The van der Waals surface area contributed by atoms with Crippen molar-refractivity contribution in [2.75, 3.05) is 6.54 Å². The van der Waals surface area contributed by atoms with Crippen LogP contribution in [0.1, 0.15) is 50.5 Å². The van der Waals surface area contributed by atoms with Crippen LogP contribution in [0.4, 0.5) is 0 Å². The molecule has 5 aliphatic rings. The van der Waals surface area contributed by atoms with Crippen LogP contribution in [0.3, 0.4) is 0 Å². The van der Waals surface area contributed by atoms with Crippen LogP contribution in [0.15, 0.2) is 47.4 Å². The summed E-state index contributed by atoms with van der Waals surface area (Å²) in [6.45, 7) is 0.350. The van der Waals surface area contributed by atoms with Crippen molar-refractivity contribution in [1.82, 2.24) is 10.2 Å². The Morgan fingerprint density at radius 1 is 1.13 bits per heavy atom. The van der Waals surface area contributed by atoms with Crippen LogP contribution in [0, 0.1) is 17.8 Å². The molecule has 4 bridgehead atoms. The molecule has 0 aromatic heterocycles. The van der Waals surface area contributed by atoms with Crippen molar-refractivity contribution < 1.29 is 9.59 Å². The largest absolute Gasteiger partial charge is 0.351 e. The van der Waals surface area contributed by atoms with Gasteiger partial charge in [0, 0.05) is 18.5 Å². The summed E-state index contributed by atoms with van der Waals surface area (Å²) in [4.78, 5) is 27.7. The first-order valence-electron chi connectivity index (χ1n) is 11.3. The fourth-order valence-corrected chi connectivity index (χ4v) is 7.61. The van der Waals surface area contributed by atoms with Gasteiger partial charge in [-0.15, -0.1) is 0 Å². The van der Waals surface area contributed by atoms with E-state index in [4.69, 9.17) is 12.2 Å². The van der Waals surface area contributed by atoms with Gasteiger partial charge in [-0.25, -0.2) is 0 Å². The molecule has 1 N–H and O–H groups in total. The standard InChI is InChI=1S/C25H28N2O2S2/c28-22(26-25-14-18-11-19(15-25)13-20(12-18)16-25)9-10-27-23(29)21(31-24(27)30)8-4-7-17-5-2-1-3-6-17/h1-8,18-20H,9-16H2,(H,26,28). The van der Waals surface area contributed by atoms with Gasteiger partial charge in [0.1, 0.15) is 4.32 Å². The summed E-state index contributed by atoms with van der Waals surface area (Å²) in [5.74, 6) is 2.35. The Hall–Kier alpha value is -1.92. The number of nitrogens with one attached hydrogen (secondary N) is 1. The minimum absolute atomic E-state index is 0.0173. The number of hydrogen-bond acceptors (Lipinski definition) is 4. The molecule has 5 fully saturated rings. The van der Waals surface area contributed by atoms with E-state index in [0.29, 0.717) is 22.2 Å². The summed E-state index contributed by atoms with van der Waals surface area (Å²) < 4.78 is 0.534. The molecule has 1 heterocycles. The fraction of sp³-hybridized carbons (Fsp3) is 0.480. The first-order chi connectivity index (χ1) is 15.0. The third kappa shape index (κ3) is 4.51. The summed E-state index contributed by atoms with van der Waals surface area (Å²) in [7, 11) is 0. The van der Waals surface area contributed by atoms with E-state index < -0.39 is 0 Å². The Balaban J connectivity index is 1.16. The fourth-order valence-electron chi connectivity index (χ4n) is 6.35. The molecule has 0 radical (unpaired) electrons. The molecule has 4 aliphatic carbocycles. The predicted molar refractivity (Wildman–Crippen MR) is 129 cm³/mol. The highest BCUT2D eigenvalue weighted by molar-refractivity contribution is 8.26. The average Bonchev–Trinajstić information content (AvgIpc) is 2.99. The van der Waals surface area contributed by atoms with E-state index in [9.17, 15) is 9.59 Å². The minimum atomic E-state index is -0.102. The van der Waals surface area contributed by atoms with Gasteiger partial charge in [-0.05, 0) is 67.9 Å². The lowest BCUT2D eigenvalue weighted by Gasteiger charge is -2.57. The van der Waals surface area contributed by atoms with Crippen LogP contribution in [-0.4, -0.2) is 33.1 Å². The van der Waals surface area contributed by atoms with Crippen molar-refractivity contribution in [1.29, 1.82) is 0 Å². The zero-order valence-corrected chi connectivity index (χ0v) is 19.2. The molecule has 162 valence electrons. The summed E-state index contributed by atoms with van der Waals surface area (Å²) in [6, 6.07) is 9.96. The molecule has 4 nitrogen and oxygen atoms in total. The predicted octanol–water partition coefficient (Wildman–Crippen LogP) is 4.92. The zero-order chi connectivity index (χ0) is 21.4. The van der Waals surface area contributed by atoms with Crippen LogP contribution in [0.2, 0.25) is 0 Å². The minimum Gasteiger partial charge on any atom is -0.351 e. The molecular formula is C25H28N2O2S2. The van der Waals surface area contributed by atoms with Crippen LogP contribution in [0.25, 0.3) is 6.08 Å². The molecule has 1 aromatic carbocycles. The van der Waals surface area contributed by atoms with Gasteiger partial charge in [0.25, 0.3) is 5.91 Å². The van der Waals surface area contributed by atoms with Crippen LogP contribution in [0.5, 0.6) is 0 Å². The summed E-state index contributed by atoms with van der Waals surface area (Å²) >= 11 is 6.72. The second-order valence-electron chi connectivity index (χ2n) is 9.62. The molecule has 1 aromatic rings. The molecule has 1 aliphatic heterocycles. The molecule has 0 atom stereocenters. The molecular weight excluding hydrogens is 424 g/mol. The van der Waals surface area contributed by atoms with Crippen LogP contribution < -0.4 is 5.32 Å². The topological polar surface area (TPSA) is 49.4 Å². The second-order valence-corrected chi connectivity index (χ2v) is 11.3. The molecule has 6 rings (SSSR count). The van der Waals surface area contributed by atoms with Gasteiger partial charge in [0.2, 0.25) is 5.91 Å². The van der Waals surface area contributed by atoms with Gasteiger partial charge in [-0.1, -0.05) is 66.5 Å². The van der Waals surface area contributed by atoms with E-state index in [0.717, 1.165) is 42.6 Å². The number of allylic oxidation sites excluding steroid dienone is 2. The van der Waals surface area contributed by atoms with E-state index in [2.05, 4.69) is 5.32 Å². The van der Waals surface area contributed by atoms with Crippen LogP contribution >= 0.6 is 24.0 Å². The number of hydrogen-bond donors (Lipinski definition) is 1. The lowest BCUT2D eigenvalue weighted by atomic mass is 9.53. The normalized spacial score (nSPS) is 33.1. The van der Waals surface area contributed by atoms with Gasteiger partial charge in [-0.3, -0.25) is 14.5 Å². The first-order valence-corrected chi connectivity index (χ1v) is 12.5. The first kappa shape index (κ1) is 21.0. The molecule has 2 amide bonds. The van der Waals surface area contributed by atoms with Gasteiger partial charge in [0.15, 0.2) is 0 Å². The Labute approximate surface area is 193 Å². The van der Waals surface area contributed by atoms with Crippen LogP contribution in [-0.2, 0) is 9.59 Å². The van der Waals surface area contributed by atoms with Crippen molar-refractivity contribution in [3.05, 3.63) is 53.0 Å². The highest BCUT2D eigenvalue weighted by Crippen LogP contribution is 2.55. The summed E-state index contributed by atoms with van der Waals surface area (Å²) in [5.41, 5.74) is 1.10. The van der Waals surface area contributed by atoms with Gasteiger partial charge < -0.3 is 5.32 Å². The van der Waals surface area contributed by atoms with Crippen molar-refractivity contribution in [3.63, 3.8) is 0 Å². The number of carbonyl (C=O) groups is 2. The van der Waals surface area contributed by atoms with Crippen molar-refractivity contribution in [2.45, 2.75) is 50.5 Å². The Morgan fingerprint density at radius 2 is 1.77 bits per heavy atom.